The SMILES string of the molecule is CCCCc1ccc(C(NC(=O)c2ccc(OC)c(S(=O)(=O)NC)c2)c2cccs2)cc1. The summed E-state index contributed by atoms with van der Waals surface area (Å²) in [5.41, 5.74) is 2.47. The minimum absolute atomic E-state index is 0.0805. The van der Waals surface area contributed by atoms with E-state index in [4.69, 9.17) is 4.74 Å². The fourth-order valence-electron chi connectivity index (χ4n) is 3.38. The molecule has 1 atom stereocenters. The number of aryl methyl sites for hydroxylation is 1. The second kappa shape index (κ2) is 10.8. The van der Waals surface area contributed by atoms with E-state index in [1.54, 1.807) is 17.4 Å². The van der Waals surface area contributed by atoms with Crippen molar-refractivity contribution in [3.63, 3.8) is 0 Å². The van der Waals surface area contributed by atoms with E-state index in [1.807, 2.05) is 29.6 Å². The monoisotopic (exact) mass is 472 g/mol. The Morgan fingerprint density at radius 2 is 1.88 bits per heavy atom. The third-order valence-electron chi connectivity index (χ3n) is 5.22. The Balaban J connectivity index is 1.91. The van der Waals surface area contributed by atoms with Crippen LogP contribution in [0.25, 0.3) is 0 Å². The van der Waals surface area contributed by atoms with Gasteiger partial charge in [-0.1, -0.05) is 43.7 Å². The zero-order valence-electron chi connectivity index (χ0n) is 18.4. The fourth-order valence-corrected chi connectivity index (χ4v) is 5.11. The van der Waals surface area contributed by atoms with Gasteiger partial charge in [-0.2, -0.15) is 0 Å². The molecule has 3 rings (SSSR count). The number of rotatable bonds is 10. The second-order valence-electron chi connectivity index (χ2n) is 7.34. The van der Waals surface area contributed by atoms with Crippen LogP contribution in [0.5, 0.6) is 5.75 Å². The van der Waals surface area contributed by atoms with Crippen LogP contribution >= 0.6 is 11.3 Å². The molecule has 6 nitrogen and oxygen atoms in total. The highest BCUT2D eigenvalue weighted by molar-refractivity contribution is 7.89. The maximum absolute atomic E-state index is 13.1. The van der Waals surface area contributed by atoms with Crippen LogP contribution in [-0.4, -0.2) is 28.5 Å². The van der Waals surface area contributed by atoms with E-state index < -0.39 is 10.0 Å². The Bertz CT molecular complexity index is 1140. The molecule has 2 aromatic carbocycles. The van der Waals surface area contributed by atoms with E-state index in [1.165, 1.54) is 31.9 Å². The van der Waals surface area contributed by atoms with Crippen molar-refractivity contribution in [3.8, 4) is 5.75 Å². The summed E-state index contributed by atoms with van der Waals surface area (Å²) in [6.45, 7) is 2.17. The van der Waals surface area contributed by atoms with Crippen LogP contribution in [0, 0.1) is 0 Å². The molecule has 0 aliphatic rings. The van der Waals surface area contributed by atoms with E-state index in [2.05, 4.69) is 29.1 Å². The first kappa shape index (κ1) is 24.0. The highest BCUT2D eigenvalue weighted by Crippen LogP contribution is 2.28. The van der Waals surface area contributed by atoms with Gasteiger partial charge in [-0.05, 0) is 60.7 Å². The average Bonchev–Trinajstić information content (AvgIpc) is 3.35. The summed E-state index contributed by atoms with van der Waals surface area (Å²) in [5.74, 6) is -0.193. The second-order valence-corrected chi connectivity index (χ2v) is 10.2. The minimum Gasteiger partial charge on any atom is -0.495 e. The zero-order valence-corrected chi connectivity index (χ0v) is 20.1. The van der Waals surface area contributed by atoms with Gasteiger partial charge in [-0.15, -0.1) is 11.3 Å². The van der Waals surface area contributed by atoms with Crippen molar-refractivity contribution in [1.82, 2.24) is 10.0 Å². The van der Waals surface area contributed by atoms with Crippen molar-refractivity contribution >= 4 is 27.3 Å². The lowest BCUT2D eigenvalue weighted by atomic mass is 10.0. The molecule has 0 bridgehead atoms. The quantitative estimate of drug-likeness (QED) is 0.454. The van der Waals surface area contributed by atoms with Crippen molar-refractivity contribution in [2.75, 3.05) is 14.2 Å². The molecule has 0 saturated heterocycles. The zero-order chi connectivity index (χ0) is 23.1. The molecule has 1 amide bonds. The largest absolute Gasteiger partial charge is 0.495 e. The Morgan fingerprint density at radius 3 is 2.47 bits per heavy atom. The lowest BCUT2D eigenvalue weighted by molar-refractivity contribution is 0.0943. The highest BCUT2D eigenvalue weighted by atomic mass is 32.2. The molecule has 2 N–H and O–H groups in total. The Kier molecular flexibility index (Phi) is 8.06. The van der Waals surface area contributed by atoms with Gasteiger partial charge in [0.15, 0.2) is 0 Å². The van der Waals surface area contributed by atoms with Gasteiger partial charge in [0.05, 0.1) is 13.2 Å². The molecule has 170 valence electrons. The standard InChI is InChI=1S/C24H28N2O4S2/c1-4-5-7-17-9-11-18(12-10-17)23(21-8-6-15-31-21)26-24(27)19-13-14-20(30-3)22(16-19)32(28,29)25-2/h6,8-16,23,25H,4-5,7H2,1-3H3,(H,26,27). The van der Waals surface area contributed by atoms with Crippen LogP contribution in [-0.2, 0) is 16.4 Å². The van der Waals surface area contributed by atoms with Crippen molar-refractivity contribution in [3.05, 3.63) is 81.5 Å². The van der Waals surface area contributed by atoms with Crippen molar-refractivity contribution in [1.29, 1.82) is 0 Å². The average molecular weight is 473 g/mol. The number of benzene rings is 2. The summed E-state index contributed by atoms with van der Waals surface area (Å²) < 4.78 is 32.2. The van der Waals surface area contributed by atoms with Crippen LogP contribution in [0.3, 0.4) is 0 Å². The summed E-state index contributed by atoms with van der Waals surface area (Å²) in [5, 5.41) is 5.03. The van der Waals surface area contributed by atoms with Gasteiger partial charge in [-0.25, -0.2) is 13.1 Å². The number of ether oxygens (including phenoxy) is 1. The van der Waals surface area contributed by atoms with Crippen LogP contribution in [0.4, 0.5) is 0 Å². The number of carbonyl (C=O) groups excluding carboxylic acids is 1. The third kappa shape index (κ3) is 5.56. The van der Waals surface area contributed by atoms with Crippen molar-refractivity contribution in [2.45, 2.75) is 37.1 Å². The van der Waals surface area contributed by atoms with Gasteiger partial charge >= 0.3 is 0 Å². The summed E-state index contributed by atoms with van der Waals surface area (Å²) in [6, 6.07) is 16.2. The molecular weight excluding hydrogens is 444 g/mol. The Labute approximate surface area is 193 Å². The van der Waals surface area contributed by atoms with Crippen LogP contribution in [0.15, 0.2) is 64.9 Å². The van der Waals surface area contributed by atoms with Crippen LogP contribution in [0.2, 0.25) is 0 Å². The summed E-state index contributed by atoms with van der Waals surface area (Å²) in [7, 11) is -1.08. The molecule has 0 spiro atoms. The number of sulfonamides is 1. The predicted molar refractivity (Wildman–Crippen MR) is 128 cm³/mol. The summed E-state index contributed by atoms with van der Waals surface area (Å²) in [6.07, 6.45) is 3.31. The van der Waals surface area contributed by atoms with Gasteiger partial charge in [0.25, 0.3) is 5.91 Å². The molecule has 0 saturated carbocycles. The van der Waals surface area contributed by atoms with E-state index in [0.29, 0.717) is 0 Å². The molecule has 0 aliphatic carbocycles. The number of nitrogens with one attached hydrogen (secondary N) is 2. The van der Waals surface area contributed by atoms with E-state index in [-0.39, 0.29) is 28.2 Å². The first-order valence-corrected chi connectivity index (χ1v) is 12.8. The molecule has 0 radical (unpaired) electrons. The number of hydrogen-bond donors (Lipinski definition) is 2. The number of carbonyl (C=O) groups is 1. The number of methoxy groups -OCH3 is 1. The molecule has 0 aliphatic heterocycles. The van der Waals surface area contributed by atoms with Crippen LogP contribution < -0.4 is 14.8 Å². The number of amides is 1. The molecular formula is C24H28N2O4S2. The Morgan fingerprint density at radius 1 is 1.12 bits per heavy atom. The summed E-state index contributed by atoms with van der Waals surface area (Å²) in [4.78, 5) is 14.1. The topological polar surface area (TPSA) is 84.5 Å². The predicted octanol–water partition coefficient (Wildman–Crippen LogP) is 4.53. The molecule has 1 unspecified atom stereocenters. The third-order valence-corrected chi connectivity index (χ3v) is 7.59. The first-order chi connectivity index (χ1) is 15.4. The molecule has 32 heavy (non-hydrogen) atoms. The summed E-state index contributed by atoms with van der Waals surface area (Å²) >= 11 is 1.56. The molecule has 0 fully saturated rings. The maximum atomic E-state index is 13.1. The van der Waals surface area contributed by atoms with Gasteiger partial charge in [-0.3, -0.25) is 4.79 Å². The van der Waals surface area contributed by atoms with Gasteiger partial charge in [0, 0.05) is 10.4 Å². The van der Waals surface area contributed by atoms with E-state index in [9.17, 15) is 13.2 Å². The van der Waals surface area contributed by atoms with Crippen molar-refractivity contribution < 1.29 is 17.9 Å². The number of thiophene rings is 1. The van der Waals surface area contributed by atoms with E-state index >= 15 is 0 Å². The molecule has 3 aromatic rings. The lowest BCUT2D eigenvalue weighted by Gasteiger charge is -2.19. The molecule has 8 heteroatoms. The first-order valence-electron chi connectivity index (χ1n) is 10.4. The highest BCUT2D eigenvalue weighted by Gasteiger charge is 2.23. The van der Waals surface area contributed by atoms with E-state index in [0.717, 1.165) is 29.7 Å². The number of hydrogen-bond acceptors (Lipinski definition) is 5. The van der Waals surface area contributed by atoms with Gasteiger partial charge in [0.1, 0.15) is 10.6 Å². The lowest BCUT2D eigenvalue weighted by Crippen LogP contribution is -2.29. The van der Waals surface area contributed by atoms with Crippen molar-refractivity contribution in [2.24, 2.45) is 0 Å². The van der Waals surface area contributed by atoms with Gasteiger partial charge < -0.3 is 10.1 Å². The number of unbranched alkanes of at least 4 members (excludes halogenated alkanes) is 1. The van der Waals surface area contributed by atoms with Crippen LogP contribution in [0.1, 0.15) is 52.2 Å². The van der Waals surface area contributed by atoms with Gasteiger partial charge in [0.2, 0.25) is 10.0 Å². The maximum Gasteiger partial charge on any atom is 0.252 e. The molecule has 1 heterocycles. The fraction of sp³-hybridized carbons (Fsp3) is 0.292. The Hall–Kier alpha value is -2.68. The molecule has 1 aromatic heterocycles. The minimum atomic E-state index is -3.79. The normalized spacial score (nSPS) is 12.3. The smallest absolute Gasteiger partial charge is 0.252 e.